The zero-order chi connectivity index (χ0) is 14.7. The van der Waals surface area contributed by atoms with Gasteiger partial charge >= 0.3 is 0 Å². The van der Waals surface area contributed by atoms with Gasteiger partial charge in [0.15, 0.2) is 0 Å². The first-order valence-electron chi connectivity index (χ1n) is 7.78. The maximum absolute atomic E-state index is 13.4. The Bertz CT molecular complexity index is 591. The molecule has 1 aromatic heterocycles. The minimum Gasteiger partial charge on any atom is -0.381 e. The molecule has 1 aromatic carbocycles. The molecule has 0 radical (unpaired) electrons. The summed E-state index contributed by atoms with van der Waals surface area (Å²) in [5, 5.41) is 4.80. The molecule has 114 valence electrons. The van der Waals surface area contributed by atoms with Crippen LogP contribution in [-0.2, 0) is 4.74 Å². The minimum atomic E-state index is -0.157. The second-order valence-electron chi connectivity index (χ2n) is 5.74. The van der Waals surface area contributed by atoms with E-state index in [-0.39, 0.29) is 5.82 Å². The van der Waals surface area contributed by atoms with E-state index >= 15 is 0 Å². The maximum Gasteiger partial charge on any atom is 0.124 e. The fraction of sp³-hybridized carbons (Fsp3) is 0.529. The number of thiophene rings is 1. The van der Waals surface area contributed by atoms with Gasteiger partial charge in [-0.2, -0.15) is 0 Å². The third-order valence-corrected chi connectivity index (χ3v) is 5.27. The number of halogens is 1. The standard InChI is InChI=1S/C17H22FNOS/c1-2-7-19-17(13-4-3-8-20-11-13)16-9-12-5-6-14(18)10-15(12)21-16/h5-6,9-10,13,17,19H,2-4,7-8,11H2,1H3. The van der Waals surface area contributed by atoms with Crippen molar-refractivity contribution in [3.05, 3.63) is 35.0 Å². The molecule has 1 aliphatic heterocycles. The normalized spacial score (nSPS) is 20.8. The summed E-state index contributed by atoms with van der Waals surface area (Å²) in [6.07, 6.45) is 3.45. The molecule has 1 saturated heterocycles. The number of benzene rings is 1. The van der Waals surface area contributed by atoms with Gasteiger partial charge in [-0.25, -0.2) is 4.39 Å². The van der Waals surface area contributed by atoms with E-state index in [1.165, 1.54) is 17.4 Å². The Morgan fingerprint density at radius 1 is 1.43 bits per heavy atom. The second-order valence-corrected chi connectivity index (χ2v) is 6.86. The lowest BCUT2D eigenvalue weighted by Crippen LogP contribution is -2.33. The van der Waals surface area contributed by atoms with Gasteiger partial charge in [-0.05, 0) is 49.4 Å². The lowest BCUT2D eigenvalue weighted by atomic mass is 9.92. The van der Waals surface area contributed by atoms with Gasteiger partial charge in [0.2, 0.25) is 0 Å². The average molecular weight is 307 g/mol. The summed E-state index contributed by atoms with van der Waals surface area (Å²) in [4.78, 5) is 1.31. The van der Waals surface area contributed by atoms with E-state index in [4.69, 9.17) is 4.74 Å². The summed E-state index contributed by atoms with van der Waals surface area (Å²) in [5.41, 5.74) is 0. The first kappa shape index (κ1) is 14.9. The van der Waals surface area contributed by atoms with Crippen molar-refractivity contribution >= 4 is 21.4 Å². The molecule has 4 heteroatoms. The molecule has 0 aliphatic carbocycles. The Morgan fingerprint density at radius 3 is 3.10 bits per heavy atom. The third kappa shape index (κ3) is 3.44. The van der Waals surface area contributed by atoms with Crippen LogP contribution in [0.1, 0.15) is 37.1 Å². The van der Waals surface area contributed by atoms with Gasteiger partial charge in [0.05, 0.1) is 6.61 Å². The lowest BCUT2D eigenvalue weighted by Gasteiger charge is -2.30. The van der Waals surface area contributed by atoms with Crippen LogP contribution in [0, 0.1) is 11.7 Å². The Kier molecular flexibility index (Phi) is 4.88. The van der Waals surface area contributed by atoms with Gasteiger partial charge in [-0.1, -0.05) is 13.0 Å². The van der Waals surface area contributed by atoms with Crippen LogP contribution in [0.25, 0.3) is 10.1 Å². The van der Waals surface area contributed by atoms with E-state index in [0.29, 0.717) is 12.0 Å². The molecule has 0 bridgehead atoms. The highest BCUT2D eigenvalue weighted by Crippen LogP contribution is 2.36. The first-order valence-corrected chi connectivity index (χ1v) is 8.59. The van der Waals surface area contributed by atoms with Crippen molar-refractivity contribution < 1.29 is 9.13 Å². The summed E-state index contributed by atoms with van der Waals surface area (Å²) in [5.74, 6) is 0.359. The number of hydrogen-bond acceptors (Lipinski definition) is 3. The van der Waals surface area contributed by atoms with Crippen molar-refractivity contribution in [3.63, 3.8) is 0 Å². The van der Waals surface area contributed by atoms with Crippen molar-refractivity contribution in [3.8, 4) is 0 Å². The van der Waals surface area contributed by atoms with E-state index in [1.54, 1.807) is 17.4 Å². The predicted octanol–water partition coefficient (Wildman–Crippen LogP) is 4.51. The van der Waals surface area contributed by atoms with Crippen LogP contribution in [-0.4, -0.2) is 19.8 Å². The lowest BCUT2D eigenvalue weighted by molar-refractivity contribution is 0.0396. The van der Waals surface area contributed by atoms with Crippen LogP contribution < -0.4 is 5.32 Å². The predicted molar refractivity (Wildman–Crippen MR) is 86.4 cm³/mol. The molecule has 0 spiro atoms. The number of fused-ring (bicyclic) bond motifs is 1. The van der Waals surface area contributed by atoms with Crippen LogP contribution in [0.15, 0.2) is 24.3 Å². The Labute approximate surface area is 129 Å². The average Bonchev–Trinajstić information content (AvgIpc) is 2.91. The topological polar surface area (TPSA) is 21.3 Å². The molecule has 0 amide bonds. The molecule has 0 saturated carbocycles. The molecule has 1 fully saturated rings. The molecular formula is C17H22FNOS. The van der Waals surface area contributed by atoms with E-state index in [2.05, 4.69) is 18.3 Å². The van der Waals surface area contributed by atoms with Gasteiger partial charge in [0.25, 0.3) is 0 Å². The van der Waals surface area contributed by atoms with Gasteiger partial charge < -0.3 is 10.1 Å². The maximum atomic E-state index is 13.4. The summed E-state index contributed by atoms with van der Waals surface area (Å²) in [6.45, 7) is 4.89. The van der Waals surface area contributed by atoms with Gasteiger partial charge in [-0.15, -0.1) is 11.3 Å². The van der Waals surface area contributed by atoms with Crippen LogP contribution in [0.5, 0.6) is 0 Å². The van der Waals surface area contributed by atoms with Gasteiger partial charge in [0.1, 0.15) is 5.82 Å². The van der Waals surface area contributed by atoms with Crippen molar-refractivity contribution in [2.75, 3.05) is 19.8 Å². The van der Waals surface area contributed by atoms with Crippen LogP contribution in [0.4, 0.5) is 4.39 Å². The quantitative estimate of drug-likeness (QED) is 0.877. The minimum absolute atomic E-state index is 0.157. The highest BCUT2D eigenvalue weighted by molar-refractivity contribution is 7.19. The molecule has 2 atom stereocenters. The molecule has 2 nitrogen and oxygen atoms in total. The number of rotatable bonds is 5. The Morgan fingerprint density at radius 2 is 2.33 bits per heavy atom. The van der Waals surface area contributed by atoms with Crippen molar-refractivity contribution in [2.45, 2.75) is 32.2 Å². The molecule has 21 heavy (non-hydrogen) atoms. The largest absolute Gasteiger partial charge is 0.381 e. The highest BCUT2D eigenvalue weighted by Gasteiger charge is 2.26. The van der Waals surface area contributed by atoms with Crippen molar-refractivity contribution in [1.29, 1.82) is 0 Å². The molecule has 2 aromatic rings. The summed E-state index contributed by atoms with van der Waals surface area (Å²) in [7, 11) is 0. The molecule has 1 N–H and O–H groups in total. The van der Waals surface area contributed by atoms with E-state index in [9.17, 15) is 4.39 Å². The Hall–Kier alpha value is -0.970. The van der Waals surface area contributed by atoms with E-state index < -0.39 is 0 Å². The van der Waals surface area contributed by atoms with Crippen molar-refractivity contribution in [1.82, 2.24) is 5.32 Å². The molecular weight excluding hydrogens is 285 g/mol. The van der Waals surface area contributed by atoms with Crippen LogP contribution in [0.3, 0.4) is 0 Å². The van der Waals surface area contributed by atoms with E-state index in [0.717, 1.165) is 42.7 Å². The van der Waals surface area contributed by atoms with Crippen molar-refractivity contribution in [2.24, 2.45) is 5.92 Å². The zero-order valence-corrected chi connectivity index (χ0v) is 13.2. The summed E-state index contributed by atoms with van der Waals surface area (Å²) in [6, 6.07) is 7.58. The van der Waals surface area contributed by atoms with E-state index in [1.807, 2.05) is 6.07 Å². The third-order valence-electron chi connectivity index (χ3n) is 4.09. The second kappa shape index (κ2) is 6.86. The molecule has 3 rings (SSSR count). The monoisotopic (exact) mass is 307 g/mol. The molecule has 2 unspecified atom stereocenters. The van der Waals surface area contributed by atoms with Gasteiger partial charge in [0, 0.05) is 28.1 Å². The molecule has 1 aliphatic rings. The molecule has 2 heterocycles. The fourth-order valence-corrected chi connectivity index (χ4v) is 4.27. The highest BCUT2D eigenvalue weighted by atomic mass is 32.1. The van der Waals surface area contributed by atoms with Gasteiger partial charge in [-0.3, -0.25) is 0 Å². The number of nitrogens with one attached hydrogen (secondary N) is 1. The summed E-state index contributed by atoms with van der Waals surface area (Å²) < 4.78 is 20.1. The SMILES string of the molecule is CCCNC(c1cc2ccc(F)cc2s1)C1CCCOC1. The zero-order valence-electron chi connectivity index (χ0n) is 12.4. The number of ether oxygens (including phenoxy) is 1. The van der Waals surface area contributed by atoms with Crippen LogP contribution in [0.2, 0.25) is 0 Å². The fourth-order valence-electron chi connectivity index (χ4n) is 3.01. The van der Waals surface area contributed by atoms with Crippen LogP contribution >= 0.6 is 11.3 Å². The first-order chi connectivity index (χ1) is 10.3. The summed E-state index contributed by atoms with van der Waals surface area (Å²) >= 11 is 1.71. The number of hydrogen-bond donors (Lipinski definition) is 1. The smallest absolute Gasteiger partial charge is 0.124 e. The Balaban J connectivity index is 1.88.